The van der Waals surface area contributed by atoms with E-state index in [0.717, 1.165) is 28.8 Å². The zero-order chi connectivity index (χ0) is 27.6. The predicted molar refractivity (Wildman–Crippen MR) is 136 cm³/mol. The first-order valence-corrected chi connectivity index (χ1v) is 12.2. The van der Waals surface area contributed by atoms with Crippen LogP contribution in [0.15, 0.2) is 83.9 Å². The first-order valence-electron chi connectivity index (χ1n) is 12.2. The van der Waals surface area contributed by atoms with Crippen molar-refractivity contribution in [1.82, 2.24) is 19.9 Å². The molecule has 200 valence electrons. The van der Waals surface area contributed by atoms with E-state index in [0.29, 0.717) is 17.2 Å². The lowest BCUT2D eigenvalue weighted by molar-refractivity contribution is -0.0181. The molecule has 0 aliphatic carbocycles. The summed E-state index contributed by atoms with van der Waals surface area (Å²) in [5.74, 6) is -1.89. The summed E-state index contributed by atoms with van der Waals surface area (Å²) in [6.45, 7) is 3.61. The van der Waals surface area contributed by atoms with Gasteiger partial charge in [-0.2, -0.15) is 5.10 Å². The number of ether oxygens (including phenoxy) is 1. The zero-order valence-corrected chi connectivity index (χ0v) is 21.2. The van der Waals surface area contributed by atoms with Gasteiger partial charge in [0.05, 0.1) is 12.5 Å². The van der Waals surface area contributed by atoms with Crippen LogP contribution in [0.3, 0.4) is 0 Å². The molecule has 0 saturated heterocycles. The largest absolute Gasteiger partial charge is 0.489 e. The first-order chi connectivity index (χ1) is 18.7. The standard InChI is InChI=1S/C29H25F3N4O3/c1-18-3-6-22(30)11-21(18)14-38-24-8-4-20(5-9-24)27-13-28(39-35-27)19(2)29(37,15-36-17-33-16-34-36)25-10-7-23(31)12-26(25)32/h3-13,16-17,19,37H,14-15H2,1-2H3/t19-,29+/m0/s1. The molecule has 0 amide bonds. The highest BCUT2D eigenvalue weighted by atomic mass is 19.1. The minimum absolute atomic E-state index is 0.111. The predicted octanol–water partition coefficient (Wildman–Crippen LogP) is 5.93. The quantitative estimate of drug-likeness (QED) is 0.252. The van der Waals surface area contributed by atoms with E-state index >= 15 is 0 Å². The highest BCUT2D eigenvalue weighted by Gasteiger charge is 2.42. The summed E-state index contributed by atoms with van der Waals surface area (Å²) in [4.78, 5) is 3.88. The second-order valence-corrected chi connectivity index (χ2v) is 9.36. The molecule has 0 fully saturated rings. The van der Waals surface area contributed by atoms with Crippen LogP contribution >= 0.6 is 0 Å². The number of aromatic nitrogens is 4. The molecule has 5 rings (SSSR count). The summed E-state index contributed by atoms with van der Waals surface area (Å²) in [6, 6.07) is 16.3. The zero-order valence-electron chi connectivity index (χ0n) is 21.2. The molecule has 1 N–H and O–H groups in total. The highest BCUT2D eigenvalue weighted by Crippen LogP contribution is 2.40. The topological polar surface area (TPSA) is 86.2 Å². The summed E-state index contributed by atoms with van der Waals surface area (Å²) in [6.07, 6.45) is 2.69. The second kappa shape index (κ2) is 10.7. The van der Waals surface area contributed by atoms with E-state index in [1.807, 2.05) is 6.92 Å². The molecule has 2 heterocycles. The fourth-order valence-electron chi connectivity index (χ4n) is 4.40. The molecule has 7 nitrogen and oxygen atoms in total. The van der Waals surface area contributed by atoms with Gasteiger partial charge in [0.2, 0.25) is 0 Å². The van der Waals surface area contributed by atoms with Crippen LogP contribution in [0.4, 0.5) is 13.2 Å². The number of halogens is 3. The van der Waals surface area contributed by atoms with E-state index in [-0.39, 0.29) is 24.5 Å². The molecule has 0 unspecified atom stereocenters. The molecule has 0 radical (unpaired) electrons. The average molecular weight is 535 g/mol. The van der Waals surface area contributed by atoms with Gasteiger partial charge in [-0.15, -0.1) is 0 Å². The molecule has 0 aliphatic rings. The van der Waals surface area contributed by atoms with E-state index in [2.05, 4.69) is 15.2 Å². The molecule has 39 heavy (non-hydrogen) atoms. The van der Waals surface area contributed by atoms with Crippen LogP contribution in [0, 0.1) is 24.4 Å². The molecule has 2 atom stereocenters. The highest BCUT2D eigenvalue weighted by molar-refractivity contribution is 5.60. The Bertz CT molecular complexity index is 1570. The third-order valence-electron chi connectivity index (χ3n) is 6.79. The lowest BCUT2D eigenvalue weighted by Gasteiger charge is -2.33. The Kier molecular flexibility index (Phi) is 7.21. The van der Waals surface area contributed by atoms with E-state index < -0.39 is 23.2 Å². The summed E-state index contributed by atoms with van der Waals surface area (Å²) >= 11 is 0. The van der Waals surface area contributed by atoms with E-state index in [4.69, 9.17) is 9.26 Å². The molecular weight excluding hydrogens is 509 g/mol. The van der Waals surface area contributed by atoms with Crippen molar-refractivity contribution in [1.29, 1.82) is 0 Å². The number of aryl methyl sites for hydroxylation is 1. The van der Waals surface area contributed by atoms with Crippen LogP contribution in [0.25, 0.3) is 11.3 Å². The number of rotatable bonds is 9. The smallest absolute Gasteiger partial charge is 0.143 e. The van der Waals surface area contributed by atoms with Crippen LogP contribution in [-0.4, -0.2) is 25.0 Å². The van der Waals surface area contributed by atoms with Crippen molar-refractivity contribution >= 4 is 0 Å². The van der Waals surface area contributed by atoms with Crippen LogP contribution in [0.5, 0.6) is 5.75 Å². The SMILES string of the molecule is Cc1ccc(F)cc1COc1ccc(-c2cc([C@H](C)[C@](O)(Cn3cncn3)c3ccc(F)cc3F)on2)cc1. The van der Waals surface area contributed by atoms with E-state index in [1.54, 1.807) is 43.3 Å². The molecule has 10 heteroatoms. The Morgan fingerprint density at radius 2 is 1.74 bits per heavy atom. The van der Waals surface area contributed by atoms with Gasteiger partial charge in [-0.25, -0.2) is 22.8 Å². The maximum absolute atomic E-state index is 14.8. The third-order valence-corrected chi connectivity index (χ3v) is 6.79. The monoisotopic (exact) mass is 534 g/mol. The van der Waals surface area contributed by atoms with Crippen molar-refractivity contribution in [2.45, 2.75) is 38.5 Å². The molecule has 5 aromatic rings. The lowest BCUT2D eigenvalue weighted by atomic mass is 9.80. The molecule has 3 aromatic carbocycles. The maximum Gasteiger partial charge on any atom is 0.143 e. The van der Waals surface area contributed by atoms with Crippen molar-refractivity contribution in [3.8, 4) is 17.0 Å². The average Bonchev–Trinajstić information content (AvgIpc) is 3.61. The number of nitrogens with zero attached hydrogens (tertiary/aromatic N) is 4. The lowest BCUT2D eigenvalue weighted by Crippen LogP contribution is -2.38. The molecule has 0 aliphatic heterocycles. The Morgan fingerprint density at radius 1 is 1.00 bits per heavy atom. The van der Waals surface area contributed by atoms with E-state index in [9.17, 15) is 18.3 Å². The van der Waals surface area contributed by atoms with Crippen LogP contribution in [-0.2, 0) is 18.8 Å². The van der Waals surface area contributed by atoms with Crippen LogP contribution in [0.2, 0.25) is 0 Å². The van der Waals surface area contributed by atoms with Crippen molar-refractivity contribution in [2.75, 3.05) is 0 Å². The molecular formula is C29H25F3N4O3. The van der Waals surface area contributed by atoms with Gasteiger partial charge in [0, 0.05) is 23.3 Å². The van der Waals surface area contributed by atoms with E-state index in [1.165, 1.54) is 35.5 Å². The van der Waals surface area contributed by atoms with Crippen molar-refractivity contribution in [3.63, 3.8) is 0 Å². The Hall–Kier alpha value is -4.44. The summed E-state index contributed by atoms with van der Waals surface area (Å²) < 4.78 is 54.8. The van der Waals surface area contributed by atoms with Crippen LogP contribution < -0.4 is 4.74 Å². The number of hydrogen-bond donors (Lipinski definition) is 1. The summed E-state index contributed by atoms with van der Waals surface area (Å²) in [5.41, 5.74) is 0.924. The van der Waals surface area contributed by atoms with Crippen LogP contribution in [0.1, 0.15) is 35.3 Å². The minimum atomic E-state index is -1.87. The number of hydrogen-bond acceptors (Lipinski definition) is 6. The van der Waals surface area contributed by atoms with Gasteiger partial charge < -0.3 is 14.4 Å². The second-order valence-electron chi connectivity index (χ2n) is 9.36. The number of aliphatic hydroxyl groups is 1. The molecule has 0 bridgehead atoms. The first kappa shape index (κ1) is 26.2. The van der Waals surface area contributed by atoms with Crippen molar-refractivity contribution in [2.24, 2.45) is 0 Å². The van der Waals surface area contributed by atoms with Gasteiger partial charge in [0.25, 0.3) is 0 Å². The Morgan fingerprint density at radius 3 is 2.46 bits per heavy atom. The number of benzene rings is 3. The Labute approximate surface area is 222 Å². The van der Waals surface area contributed by atoms with Gasteiger partial charge >= 0.3 is 0 Å². The molecule has 0 saturated carbocycles. The fraction of sp³-hybridized carbons (Fsp3) is 0.207. The normalized spacial score (nSPS) is 13.7. The van der Waals surface area contributed by atoms with Gasteiger partial charge in [-0.05, 0) is 60.5 Å². The van der Waals surface area contributed by atoms with Crippen molar-refractivity contribution in [3.05, 3.63) is 119 Å². The minimum Gasteiger partial charge on any atom is -0.489 e. The summed E-state index contributed by atoms with van der Waals surface area (Å²) in [7, 11) is 0. The molecule has 2 aromatic heterocycles. The maximum atomic E-state index is 14.8. The van der Waals surface area contributed by atoms with Crippen molar-refractivity contribution < 1.29 is 27.5 Å². The fourth-order valence-corrected chi connectivity index (χ4v) is 4.40. The Balaban J connectivity index is 1.36. The van der Waals surface area contributed by atoms with Gasteiger partial charge in [-0.1, -0.05) is 24.2 Å². The van der Waals surface area contributed by atoms with Gasteiger partial charge in [0.15, 0.2) is 0 Å². The third kappa shape index (κ3) is 5.56. The van der Waals surface area contributed by atoms with Gasteiger partial charge in [-0.3, -0.25) is 0 Å². The van der Waals surface area contributed by atoms with Gasteiger partial charge in [0.1, 0.15) is 59.5 Å². The summed E-state index contributed by atoms with van der Waals surface area (Å²) in [5, 5.41) is 19.9. The molecule has 0 spiro atoms.